The van der Waals surface area contributed by atoms with E-state index in [4.69, 9.17) is 5.73 Å². The fourth-order valence-electron chi connectivity index (χ4n) is 2.79. The highest BCUT2D eigenvalue weighted by Crippen LogP contribution is 2.32. The van der Waals surface area contributed by atoms with E-state index in [1.165, 1.54) is 23.1 Å². The average Bonchev–Trinajstić information content (AvgIpc) is 3.30. The third-order valence-electron chi connectivity index (χ3n) is 4.13. The van der Waals surface area contributed by atoms with Crippen LogP contribution in [0.1, 0.15) is 37.8 Å². The van der Waals surface area contributed by atoms with Crippen molar-refractivity contribution in [2.75, 3.05) is 30.4 Å². The van der Waals surface area contributed by atoms with Crippen molar-refractivity contribution >= 4 is 41.3 Å². The predicted molar refractivity (Wildman–Crippen MR) is 140 cm³/mol. The largest absolute Gasteiger partial charge is 0.398 e. The highest BCUT2D eigenvalue weighted by Gasteiger charge is 2.10. The van der Waals surface area contributed by atoms with Gasteiger partial charge < -0.3 is 16.8 Å². The first-order valence-electron chi connectivity index (χ1n) is 10.1. The maximum Gasteiger partial charge on any atom is 0.0419 e. The molecule has 0 spiro atoms. The zero-order chi connectivity index (χ0) is 22.2. The minimum atomic E-state index is 0.811. The zero-order valence-corrected chi connectivity index (χ0v) is 19.8. The van der Waals surface area contributed by atoms with Crippen LogP contribution < -0.4 is 16.8 Å². The van der Waals surface area contributed by atoms with Crippen molar-refractivity contribution in [1.29, 1.82) is 0 Å². The Balaban J connectivity index is 0.000000375. The maximum atomic E-state index is 6.12. The van der Waals surface area contributed by atoms with E-state index in [9.17, 15) is 0 Å². The molecule has 5 heteroatoms. The average molecular weight is 440 g/mol. The number of hydrogen-bond donors (Lipinski definition) is 4. The van der Waals surface area contributed by atoms with Gasteiger partial charge in [0.1, 0.15) is 0 Å². The van der Waals surface area contributed by atoms with Crippen LogP contribution in [0.4, 0.5) is 11.4 Å². The molecule has 0 aromatic heterocycles. The molecule has 0 saturated carbocycles. The van der Waals surface area contributed by atoms with Crippen molar-refractivity contribution in [3.63, 3.8) is 0 Å². The van der Waals surface area contributed by atoms with E-state index in [0.29, 0.717) is 0 Å². The van der Waals surface area contributed by atoms with Crippen molar-refractivity contribution in [3.05, 3.63) is 87.5 Å². The Bertz CT molecular complexity index is 906. The molecule has 30 heavy (non-hydrogen) atoms. The molecular weight excluding hydrogens is 406 g/mol. The van der Waals surface area contributed by atoms with Gasteiger partial charge in [-0.25, -0.2) is 0 Å². The summed E-state index contributed by atoms with van der Waals surface area (Å²) >= 11 is 5.77. The number of allylic oxidation sites excluding steroid dienone is 2. The number of hydrogen-bond acceptors (Lipinski definition) is 5. The summed E-state index contributed by atoms with van der Waals surface area (Å²) in [5, 5.41) is 5.40. The minimum Gasteiger partial charge on any atom is -0.398 e. The first-order chi connectivity index (χ1) is 14.7. The number of anilines is 2. The minimum absolute atomic E-state index is 0.811. The van der Waals surface area contributed by atoms with Gasteiger partial charge in [0.15, 0.2) is 0 Å². The zero-order valence-electron chi connectivity index (χ0n) is 18.1. The molecule has 1 heterocycles. The monoisotopic (exact) mass is 439 g/mol. The number of nitrogen functional groups attached to an aromatic ring is 1. The van der Waals surface area contributed by atoms with E-state index in [-0.39, 0.29) is 0 Å². The van der Waals surface area contributed by atoms with Crippen LogP contribution in [0.3, 0.4) is 0 Å². The van der Waals surface area contributed by atoms with Crippen LogP contribution in [-0.4, -0.2) is 19.3 Å². The maximum absolute atomic E-state index is 6.12. The first-order valence-corrected chi connectivity index (χ1v) is 11.6. The summed E-state index contributed by atoms with van der Waals surface area (Å²) < 4.78 is 0. The predicted octanol–water partition coefficient (Wildman–Crippen LogP) is 6.32. The molecule has 0 radical (unpaired) electrons. The number of thiol groups is 1. The molecule has 2 aromatic rings. The number of nitrogens with two attached hydrogens (primary N) is 2. The third-order valence-corrected chi connectivity index (χ3v) is 5.18. The molecule has 0 unspecified atom stereocenters. The summed E-state index contributed by atoms with van der Waals surface area (Å²) in [6, 6.07) is 16.4. The second kappa shape index (κ2) is 15.6. The molecule has 0 aliphatic carbocycles. The number of thioether (sulfide) groups is 1. The normalized spacial score (nSPS) is 11.8. The molecule has 0 fully saturated rings. The highest BCUT2D eigenvalue weighted by molar-refractivity contribution is 8.06. The molecule has 0 amide bonds. The van der Waals surface area contributed by atoms with Crippen molar-refractivity contribution in [1.82, 2.24) is 0 Å². The summed E-state index contributed by atoms with van der Waals surface area (Å²) in [5.41, 5.74) is 21.9. The lowest BCUT2D eigenvalue weighted by atomic mass is 9.95. The molecule has 3 nitrogen and oxygen atoms in total. The van der Waals surface area contributed by atoms with Gasteiger partial charge in [-0.3, -0.25) is 0 Å². The lowest BCUT2D eigenvalue weighted by Crippen LogP contribution is -2.04. The summed E-state index contributed by atoms with van der Waals surface area (Å²) in [5.74, 6) is 0.908. The second-order valence-corrected chi connectivity index (χ2v) is 7.58. The molecule has 1 aliphatic heterocycles. The van der Waals surface area contributed by atoms with Gasteiger partial charge in [-0.15, -0.1) is 0 Å². The lowest BCUT2D eigenvalue weighted by molar-refractivity contribution is 0.979. The van der Waals surface area contributed by atoms with E-state index in [1.54, 1.807) is 11.8 Å². The SMILES string of the molecule is C/C=C(\c1ccccc1N)c1ccccc1NCCC.CN.SCCC1=C=C=CS1. The van der Waals surface area contributed by atoms with Crippen LogP contribution in [0.2, 0.25) is 0 Å². The Kier molecular flexibility index (Phi) is 13.4. The van der Waals surface area contributed by atoms with Crippen LogP contribution >= 0.6 is 24.4 Å². The van der Waals surface area contributed by atoms with Gasteiger partial charge in [0.25, 0.3) is 0 Å². The van der Waals surface area contributed by atoms with Crippen LogP contribution in [0, 0.1) is 0 Å². The Morgan fingerprint density at radius 3 is 2.33 bits per heavy atom. The number of nitrogens with one attached hydrogen (secondary N) is 1. The van der Waals surface area contributed by atoms with Gasteiger partial charge in [0, 0.05) is 39.4 Å². The Morgan fingerprint density at radius 1 is 1.10 bits per heavy atom. The Hall–Kier alpha value is -2.26. The topological polar surface area (TPSA) is 64.1 Å². The van der Waals surface area contributed by atoms with Crippen molar-refractivity contribution in [2.45, 2.75) is 26.7 Å². The molecule has 160 valence electrons. The number of rotatable bonds is 7. The highest BCUT2D eigenvalue weighted by atomic mass is 32.2. The summed E-state index contributed by atoms with van der Waals surface area (Å²) in [4.78, 5) is 1.25. The summed E-state index contributed by atoms with van der Waals surface area (Å²) in [7, 11) is 1.50. The Morgan fingerprint density at radius 2 is 1.77 bits per heavy atom. The van der Waals surface area contributed by atoms with E-state index >= 15 is 0 Å². The third kappa shape index (κ3) is 8.23. The molecule has 0 atom stereocenters. The van der Waals surface area contributed by atoms with E-state index in [0.717, 1.165) is 42.1 Å². The van der Waals surface area contributed by atoms with Gasteiger partial charge in [-0.2, -0.15) is 12.6 Å². The van der Waals surface area contributed by atoms with Gasteiger partial charge in [-0.05, 0) is 50.3 Å². The molecule has 0 saturated heterocycles. The molecule has 1 aliphatic rings. The molecule has 5 N–H and O–H groups in total. The van der Waals surface area contributed by atoms with E-state index < -0.39 is 0 Å². The van der Waals surface area contributed by atoms with Gasteiger partial charge >= 0.3 is 0 Å². The van der Waals surface area contributed by atoms with Crippen molar-refractivity contribution < 1.29 is 0 Å². The van der Waals surface area contributed by atoms with Crippen LogP contribution in [0.15, 0.2) is 76.4 Å². The molecule has 0 bridgehead atoms. The smallest absolute Gasteiger partial charge is 0.0419 e. The van der Waals surface area contributed by atoms with E-state index in [1.807, 2.05) is 23.6 Å². The fourth-order valence-corrected chi connectivity index (χ4v) is 3.77. The van der Waals surface area contributed by atoms with Crippen LogP contribution in [0.25, 0.3) is 5.57 Å². The van der Waals surface area contributed by atoms with Gasteiger partial charge in [0.2, 0.25) is 0 Å². The molecular formula is C25H33N3S2. The van der Waals surface area contributed by atoms with Crippen molar-refractivity contribution in [3.8, 4) is 0 Å². The van der Waals surface area contributed by atoms with E-state index in [2.05, 4.69) is 85.4 Å². The summed E-state index contributed by atoms with van der Waals surface area (Å²) in [6.45, 7) is 5.19. The molecule has 2 aromatic carbocycles. The number of benzene rings is 2. The second-order valence-electron chi connectivity index (χ2n) is 6.16. The van der Waals surface area contributed by atoms with Crippen LogP contribution in [-0.2, 0) is 0 Å². The van der Waals surface area contributed by atoms with Gasteiger partial charge in [-0.1, -0.05) is 72.6 Å². The molecule has 3 rings (SSSR count). The first kappa shape index (κ1) is 25.8. The number of para-hydroxylation sites is 2. The standard InChI is InChI=1S/C18H22N2.C6H6S2.CH5N/c1-3-13-20-18-12-8-6-10-16(18)14(4-2)15-9-5-7-11-17(15)19;7-4-3-6-2-1-5-8-6;1-2/h4-12,20H,3,13,19H2,1-2H3;5,7H,3-4H2;2H2,1H3/b14-4+;;. The fraction of sp³-hybridized carbons (Fsp3) is 0.280. The van der Waals surface area contributed by atoms with Crippen molar-refractivity contribution in [2.24, 2.45) is 5.73 Å². The lowest BCUT2D eigenvalue weighted by Gasteiger charge is -2.16. The van der Waals surface area contributed by atoms with Gasteiger partial charge in [0.05, 0.1) is 0 Å². The Labute approximate surface area is 191 Å². The quantitative estimate of drug-likeness (QED) is 0.231. The van der Waals surface area contributed by atoms with Crippen LogP contribution in [0.5, 0.6) is 0 Å². The summed E-state index contributed by atoms with van der Waals surface area (Å²) in [6.07, 6.45) is 4.25.